The molecule has 1 aliphatic heterocycles. The molecule has 0 aliphatic carbocycles. The lowest BCUT2D eigenvalue weighted by atomic mass is 9.95. The number of rotatable bonds is 3. The SMILES string of the molecule is COc1ccc(C(=O)C2=C(C)NC(=O)NC2C)cc1. The topological polar surface area (TPSA) is 67.4 Å². The zero-order valence-electron chi connectivity index (χ0n) is 11.1. The maximum atomic E-state index is 12.4. The third-order valence-corrected chi connectivity index (χ3v) is 3.08. The Hall–Kier alpha value is -2.30. The number of hydrogen-bond acceptors (Lipinski definition) is 3. The van der Waals surface area contributed by atoms with E-state index in [9.17, 15) is 9.59 Å². The summed E-state index contributed by atoms with van der Waals surface area (Å²) in [4.78, 5) is 23.7. The van der Waals surface area contributed by atoms with E-state index in [1.807, 2.05) is 0 Å². The summed E-state index contributed by atoms with van der Waals surface area (Å²) in [6.07, 6.45) is 0. The maximum absolute atomic E-state index is 12.4. The van der Waals surface area contributed by atoms with Gasteiger partial charge in [-0.3, -0.25) is 4.79 Å². The third-order valence-electron chi connectivity index (χ3n) is 3.08. The molecule has 0 radical (unpaired) electrons. The monoisotopic (exact) mass is 260 g/mol. The smallest absolute Gasteiger partial charge is 0.319 e. The van der Waals surface area contributed by atoms with Crippen LogP contribution in [-0.2, 0) is 0 Å². The quantitative estimate of drug-likeness (QED) is 0.815. The first kappa shape index (κ1) is 13.1. The Morgan fingerprint density at radius 2 is 1.89 bits per heavy atom. The summed E-state index contributed by atoms with van der Waals surface area (Å²) in [5.74, 6) is 0.602. The van der Waals surface area contributed by atoms with Crippen molar-refractivity contribution in [1.82, 2.24) is 10.6 Å². The van der Waals surface area contributed by atoms with Gasteiger partial charge in [0.15, 0.2) is 5.78 Å². The van der Waals surface area contributed by atoms with Crippen LogP contribution in [0.3, 0.4) is 0 Å². The first-order valence-electron chi connectivity index (χ1n) is 6.00. The van der Waals surface area contributed by atoms with Gasteiger partial charge in [-0.15, -0.1) is 0 Å². The van der Waals surface area contributed by atoms with Crippen molar-refractivity contribution in [2.45, 2.75) is 19.9 Å². The lowest BCUT2D eigenvalue weighted by Crippen LogP contribution is -2.48. The molecule has 0 saturated heterocycles. The van der Waals surface area contributed by atoms with E-state index in [4.69, 9.17) is 4.74 Å². The highest BCUT2D eigenvalue weighted by Crippen LogP contribution is 2.19. The van der Waals surface area contributed by atoms with E-state index >= 15 is 0 Å². The van der Waals surface area contributed by atoms with Crippen LogP contribution in [0, 0.1) is 0 Å². The van der Waals surface area contributed by atoms with E-state index in [0.29, 0.717) is 22.6 Å². The van der Waals surface area contributed by atoms with Crippen LogP contribution in [0.4, 0.5) is 4.79 Å². The molecule has 1 aliphatic rings. The Kier molecular flexibility index (Phi) is 3.55. The number of benzene rings is 1. The van der Waals surface area contributed by atoms with Gasteiger partial charge in [-0.25, -0.2) is 4.79 Å². The number of ketones is 1. The average Bonchev–Trinajstić information content (AvgIpc) is 2.37. The van der Waals surface area contributed by atoms with Crippen LogP contribution in [0.1, 0.15) is 24.2 Å². The maximum Gasteiger partial charge on any atom is 0.319 e. The highest BCUT2D eigenvalue weighted by molar-refractivity contribution is 6.11. The minimum atomic E-state index is -0.302. The molecule has 5 heteroatoms. The summed E-state index contributed by atoms with van der Waals surface area (Å²) in [5.41, 5.74) is 1.74. The van der Waals surface area contributed by atoms with E-state index < -0.39 is 0 Å². The van der Waals surface area contributed by atoms with Crippen LogP contribution >= 0.6 is 0 Å². The fraction of sp³-hybridized carbons (Fsp3) is 0.286. The van der Waals surface area contributed by atoms with Gasteiger partial charge in [0, 0.05) is 16.8 Å². The standard InChI is InChI=1S/C14H16N2O3/c1-8-12(9(2)16-14(18)15-8)13(17)10-4-6-11(19-3)7-5-10/h4-8H,1-3H3,(H2,15,16,18). The number of urea groups is 1. The van der Waals surface area contributed by atoms with Crippen molar-refractivity contribution in [2.24, 2.45) is 0 Å². The number of hydrogen-bond donors (Lipinski definition) is 2. The lowest BCUT2D eigenvalue weighted by Gasteiger charge is -2.25. The van der Waals surface area contributed by atoms with Crippen molar-refractivity contribution >= 4 is 11.8 Å². The minimum absolute atomic E-state index is 0.0971. The van der Waals surface area contributed by atoms with Crippen molar-refractivity contribution in [2.75, 3.05) is 7.11 Å². The molecule has 0 fully saturated rings. The van der Waals surface area contributed by atoms with Gasteiger partial charge in [0.2, 0.25) is 0 Å². The molecule has 1 aromatic carbocycles. The van der Waals surface area contributed by atoms with E-state index in [-0.39, 0.29) is 17.9 Å². The highest BCUT2D eigenvalue weighted by atomic mass is 16.5. The summed E-state index contributed by atoms with van der Waals surface area (Å²) in [6.45, 7) is 3.52. The summed E-state index contributed by atoms with van der Waals surface area (Å²) < 4.78 is 5.06. The Bertz CT molecular complexity index is 546. The number of nitrogens with one attached hydrogen (secondary N) is 2. The molecule has 1 aromatic rings. The minimum Gasteiger partial charge on any atom is -0.497 e. The molecule has 1 atom stereocenters. The molecule has 0 aromatic heterocycles. The largest absolute Gasteiger partial charge is 0.497 e. The Balaban J connectivity index is 2.32. The number of carbonyl (C=O) groups excluding carboxylic acids is 2. The van der Waals surface area contributed by atoms with Crippen LogP contribution in [0.15, 0.2) is 35.5 Å². The van der Waals surface area contributed by atoms with E-state index in [0.717, 1.165) is 0 Å². The van der Waals surface area contributed by atoms with Gasteiger partial charge in [0.1, 0.15) is 5.75 Å². The first-order chi connectivity index (χ1) is 9.02. The first-order valence-corrected chi connectivity index (χ1v) is 6.00. The molecular formula is C14H16N2O3. The summed E-state index contributed by atoms with van der Waals surface area (Å²) in [7, 11) is 1.58. The molecule has 0 saturated carbocycles. The van der Waals surface area contributed by atoms with Crippen LogP contribution in [0.5, 0.6) is 5.75 Å². The summed E-state index contributed by atoms with van der Waals surface area (Å²) in [5, 5.41) is 5.30. The molecule has 100 valence electrons. The zero-order chi connectivity index (χ0) is 14.0. The van der Waals surface area contributed by atoms with Crippen LogP contribution in [-0.4, -0.2) is 25.0 Å². The molecular weight excluding hydrogens is 244 g/mol. The molecule has 0 bridgehead atoms. The molecule has 2 N–H and O–H groups in total. The Morgan fingerprint density at radius 3 is 2.42 bits per heavy atom. The van der Waals surface area contributed by atoms with Crippen molar-refractivity contribution in [1.29, 1.82) is 0 Å². The van der Waals surface area contributed by atoms with Gasteiger partial charge < -0.3 is 15.4 Å². The zero-order valence-corrected chi connectivity index (χ0v) is 11.1. The van der Waals surface area contributed by atoms with E-state index in [1.165, 1.54) is 0 Å². The Labute approximate surface area is 111 Å². The predicted molar refractivity (Wildman–Crippen MR) is 71.2 cm³/mol. The second-order valence-electron chi connectivity index (χ2n) is 4.42. The van der Waals surface area contributed by atoms with E-state index in [1.54, 1.807) is 45.2 Å². The lowest BCUT2D eigenvalue weighted by molar-refractivity contribution is 0.102. The van der Waals surface area contributed by atoms with Crippen molar-refractivity contribution in [3.05, 3.63) is 41.1 Å². The van der Waals surface area contributed by atoms with Gasteiger partial charge in [-0.2, -0.15) is 0 Å². The van der Waals surface area contributed by atoms with Crippen LogP contribution in [0.25, 0.3) is 0 Å². The number of methoxy groups -OCH3 is 1. The van der Waals surface area contributed by atoms with Crippen molar-refractivity contribution < 1.29 is 14.3 Å². The van der Waals surface area contributed by atoms with Gasteiger partial charge >= 0.3 is 6.03 Å². The van der Waals surface area contributed by atoms with Crippen LogP contribution in [0.2, 0.25) is 0 Å². The van der Waals surface area contributed by atoms with E-state index in [2.05, 4.69) is 10.6 Å². The van der Waals surface area contributed by atoms with Gasteiger partial charge in [-0.05, 0) is 38.1 Å². The molecule has 2 amide bonds. The number of allylic oxidation sites excluding steroid dienone is 1. The Morgan fingerprint density at radius 1 is 1.26 bits per heavy atom. The normalized spacial score (nSPS) is 18.7. The van der Waals surface area contributed by atoms with Crippen molar-refractivity contribution in [3.63, 3.8) is 0 Å². The number of ether oxygens (including phenoxy) is 1. The second kappa shape index (κ2) is 5.14. The molecule has 1 unspecified atom stereocenters. The summed E-state index contributed by atoms with van der Waals surface area (Å²) >= 11 is 0. The number of carbonyl (C=O) groups is 2. The molecule has 19 heavy (non-hydrogen) atoms. The second-order valence-corrected chi connectivity index (χ2v) is 4.42. The molecule has 5 nitrogen and oxygen atoms in total. The van der Waals surface area contributed by atoms with Gasteiger partial charge in [0.05, 0.1) is 13.2 Å². The number of Topliss-reactive ketones (excluding diaryl/α,β-unsaturated/α-hetero) is 1. The van der Waals surface area contributed by atoms with Crippen molar-refractivity contribution in [3.8, 4) is 5.75 Å². The highest BCUT2D eigenvalue weighted by Gasteiger charge is 2.27. The molecule has 2 rings (SSSR count). The predicted octanol–water partition coefficient (Wildman–Crippen LogP) is 1.85. The summed E-state index contributed by atoms with van der Waals surface area (Å²) in [6, 6.07) is 6.32. The fourth-order valence-electron chi connectivity index (χ4n) is 2.13. The average molecular weight is 260 g/mol. The number of amides is 2. The van der Waals surface area contributed by atoms with Crippen LogP contribution < -0.4 is 15.4 Å². The molecule has 0 spiro atoms. The third kappa shape index (κ3) is 2.59. The molecule has 1 heterocycles. The van der Waals surface area contributed by atoms with Gasteiger partial charge in [0.25, 0.3) is 0 Å². The van der Waals surface area contributed by atoms with Gasteiger partial charge in [-0.1, -0.05) is 0 Å². The fourth-order valence-corrected chi connectivity index (χ4v) is 2.13.